The molecule has 0 heterocycles. The topological polar surface area (TPSA) is 78.9 Å². The average molecular weight is 1220 g/mol. The number of ether oxygens (including phenoxy) is 3. The highest BCUT2D eigenvalue weighted by atomic mass is 16.5. The molecule has 0 spiro atoms. The third-order valence-corrected chi connectivity index (χ3v) is 21.9. The summed E-state index contributed by atoms with van der Waals surface area (Å²) < 4.78 is 16.5. The predicted octanol–water partition coefficient (Wildman–Crippen LogP) is 21.6. The summed E-state index contributed by atoms with van der Waals surface area (Å²) in [5.74, 6) is -0.932. The van der Waals surface area contributed by atoms with E-state index < -0.39 is 16.2 Å². The van der Waals surface area contributed by atoms with Crippen molar-refractivity contribution >= 4 is 50.2 Å². The second kappa shape index (κ2) is 20.5. The highest BCUT2D eigenvalue weighted by Crippen LogP contribution is 2.57. The number of fused-ring (bicyclic) bond motifs is 12. The van der Waals surface area contributed by atoms with Gasteiger partial charge in [0.1, 0.15) is 0 Å². The number of rotatable bonds is 11. The third kappa shape index (κ3) is 8.35. The van der Waals surface area contributed by atoms with Crippen molar-refractivity contribution in [3.63, 3.8) is 0 Å². The van der Waals surface area contributed by atoms with Crippen molar-refractivity contribution in [3.8, 4) is 89.0 Å². The molecular formula is C87H74O6. The SMILES string of the molecule is CCOC(=O)c1ccc2c(c1)C(C)(C)c1cc(-c3cc(-c4ccc5c(c4)C(C)(C)c4cc(CC)ccc4-5)c4ccc5c(-c6ccc7c(c6)C(C)(C)c6cc(C(=O)OCC)ccc6-7)cc(-c6ccc7c(c6)C(C)(C)c6cc(C(=O)OCC)ccc6-7)c6ccc3c4c56)ccc1-2. The monoisotopic (exact) mass is 1210 g/mol. The molecular weight excluding hydrogens is 1140 g/mol. The Morgan fingerprint density at radius 1 is 0.269 bits per heavy atom. The maximum absolute atomic E-state index is 13.2. The predicted molar refractivity (Wildman–Crippen MR) is 379 cm³/mol. The minimum absolute atomic E-state index is 0.222. The maximum atomic E-state index is 13.2. The Bertz CT molecular complexity index is 5150. The Morgan fingerprint density at radius 2 is 0.505 bits per heavy atom. The van der Waals surface area contributed by atoms with Gasteiger partial charge in [0.25, 0.3) is 0 Å². The molecule has 93 heavy (non-hydrogen) atoms. The Hall–Kier alpha value is -9.91. The van der Waals surface area contributed by atoms with E-state index in [9.17, 15) is 14.4 Å². The van der Waals surface area contributed by atoms with E-state index in [1.54, 1.807) is 0 Å². The van der Waals surface area contributed by atoms with Crippen LogP contribution in [0.4, 0.5) is 0 Å². The number of aryl methyl sites for hydroxylation is 1. The lowest BCUT2D eigenvalue weighted by Gasteiger charge is -2.25. The van der Waals surface area contributed by atoms with Gasteiger partial charge in [0.05, 0.1) is 36.5 Å². The number of carbonyl (C=O) groups excluding carboxylic acids is 3. The van der Waals surface area contributed by atoms with Gasteiger partial charge in [-0.15, -0.1) is 0 Å². The van der Waals surface area contributed by atoms with Gasteiger partial charge < -0.3 is 14.2 Å². The number of esters is 3. The third-order valence-electron chi connectivity index (χ3n) is 21.9. The average Bonchev–Trinajstić information content (AvgIpc) is 1.72. The normalized spacial score (nSPS) is 15.1. The van der Waals surface area contributed by atoms with E-state index in [1.165, 1.54) is 93.9 Å². The fraction of sp³-hybridized carbons (Fsp3) is 0.230. The summed E-state index contributed by atoms with van der Waals surface area (Å²) in [4.78, 5) is 39.7. The van der Waals surface area contributed by atoms with Crippen LogP contribution in [0.3, 0.4) is 0 Å². The van der Waals surface area contributed by atoms with E-state index >= 15 is 0 Å². The first-order valence-electron chi connectivity index (χ1n) is 33.2. The van der Waals surface area contributed by atoms with E-state index in [2.05, 4.69) is 208 Å². The quantitative estimate of drug-likeness (QED) is 0.0729. The van der Waals surface area contributed by atoms with Gasteiger partial charge in [0.15, 0.2) is 0 Å². The summed E-state index contributed by atoms with van der Waals surface area (Å²) in [6.07, 6.45) is 0.983. The molecule has 12 aromatic carbocycles. The van der Waals surface area contributed by atoms with Crippen LogP contribution in [0.1, 0.15) is 164 Å². The molecule has 0 aliphatic heterocycles. The highest BCUT2D eigenvalue weighted by molar-refractivity contribution is 6.32. The van der Waals surface area contributed by atoms with Crippen LogP contribution in [0.5, 0.6) is 0 Å². The van der Waals surface area contributed by atoms with Crippen LogP contribution in [-0.2, 0) is 42.3 Å². The van der Waals surface area contributed by atoms with E-state index in [1.807, 2.05) is 57.2 Å². The van der Waals surface area contributed by atoms with E-state index in [0.29, 0.717) is 36.5 Å². The smallest absolute Gasteiger partial charge is 0.338 e. The Balaban J connectivity index is 0.958. The molecule has 0 N–H and O–H groups in total. The lowest BCUT2D eigenvalue weighted by molar-refractivity contribution is 0.0516. The van der Waals surface area contributed by atoms with Crippen molar-refractivity contribution in [2.45, 2.75) is 111 Å². The molecule has 0 bridgehead atoms. The van der Waals surface area contributed by atoms with Gasteiger partial charge in [-0.3, -0.25) is 0 Å². The molecule has 0 unspecified atom stereocenters. The van der Waals surface area contributed by atoms with Crippen molar-refractivity contribution in [2.75, 3.05) is 19.8 Å². The van der Waals surface area contributed by atoms with E-state index in [-0.39, 0.29) is 23.3 Å². The van der Waals surface area contributed by atoms with Gasteiger partial charge >= 0.3 is 17.9 Å². The van der Waals surface area contributed by atoms with Crippen molar-refractivity contribution in [2.24, 2.45) is 0 Å². The summed E-state index contributed by atoms with van der Waals surface area (Å²) in [7, 11) is 0. The fourth-order valence-electron chi connectivity index (χ4n) is 16.9. The molecule has 12 aromatic rings. The van der Waals surface area contributed by atoms with Crippen molar-refractivity contribution in [1.29, 1.82) is 0 Å². The molecule has 0 saturated heterocycles. The van der Waals surface area contributed by atoms with Crippen LogP contribution in [-0.4, -0.2) is 37.7 Å². The maximum Gasteiger partial charge on any atom is 0.338 e. The molecule has 4 aliphatic carbocycles. The van der Waals surface area contributed by atoms with Crippen molar-refractivity contribution < 1.29 is 28.6 Å². The molecule has 458 valence electrons. The summed E-state index contributed by atoms with van der Waals surface area (Å²) in [6.45, 7) is 27.1. The lowest BCUT2D eigenvalue weighted by atomic mass is 9.78. The Kier molecular flexibility index (Phi) is 12.9. The molecule has 0 amide bonds. The largest absolute Gasteiger partial charge is 0.462 e. The van der Waals surface area contributed by atoms with Crippen molar-refractivity contribution in [3.05, 3.63) is 249 Å². The van der Waals surface area contributed by atoms with Crippen LogP contribution in [0.2, 0.25) is 0 Å². The minimum Gasteiger partial charge on any atom is -0.462 e. The van der Waals surface area contributed by atoms with Gasteiger partial charge in [-0.2, -0.15) is 0 Å². The Morgan fingerprint density at radius 3 is 0.763 bits per heavy atom. The van der Waals surface area contributed by atoms with Crippen molar-refractivity contribution in [1.82, 2.24) is 0 Å². The minimum atomic E-state index is -0.424. The van der Waals surface area contributed by atoms with Gasteiger partial charge in [-0.1, -0.05) is 172 Å². The van der Waals surface area contributed by atoms with Gasteiger partial charge in [0, 0.05) is 21.7 Å². The number of benzene rings is 12. The number of hydrogen-bond acceptors (Lipinski definition) is 6. The summed E-state index contributed by atoms with van der Waals surface area (Å²) in [5.41, 5.74) is 29.8. The standard InChI is InChI=1S/C87H74O6/c1-13-47-17-25-55-56-26-18-48(38-72(56)84(5,6)71(55)37-47)67-45-68(49-19-27-57-60-30-22-52(81(88)91-14-2)42-76(60)85(7,8)73(57)39-49)64-35-36-66-70(51-21-29-59-62-32-24-54(83(90)93-16-4)44-78(62)87(11,12)75(59)41-51)46-69(65-34-33-63(67)79(64)80(65)66)50-20-28-58-61-31-23-53(82(89)92-15-3)43-77(61)86(9,10)74(58)40-50/h17-46H,13-16H2,1-12H3. The lowest BCUT2D eigenvalue weighted by Crippen LogP contribution is -2.16. The van der Waals surface area contributed by atoms with Gasteiger partial charge in [0.2, 0.25) is 0 Å². The molecule has 0 aromatic heterocycles. The molecule has 16 rings (SSSR count). The first-order chi connectivity index (χ1) is 44.7. The van der Waals surface area contributed by atoms with Crippen LogP contribution in [0.15, 0.2) is 182 Å². The second-order valence-electron chi connectivity index (χ2n) is 28.2. The first kappa shape index (κ1) is 58.2. The van der Waals surface area contributed by atoms with Crippen LogP contribution in [0.25, 0.3) is 121 Å². The summed E-state index contributed by atoms with van der Waals surface area (Å²) >= 11 is 0. The second-order valence-corrected chi connectivity index (χ2v) is 28.2. The zero-order chi connectivity index (χ0) is 64.5. The number of carbonyl (C=O) groups is 3. The van der Waals surface area contributed by atoms with E-state index in [4.69, 9.17) is 14.2 Å². The number of hydrogen-bond donors (Lipinski definition) is 0. The molecule has 0 fully saturated rings. The van der Waals surface area contributed by atoms with Crippen LogP contribution >= 0.6 is 0 Å². The van der Waals surface area contributed by atoms with Crippen LogP contribution in [0, 0.1) is 0 Å². The summed E-state index contributed by atoms with van der Waals surface area (Å²) in [6, 6.07) is 67.8. The van der Waals surface area contributed by atoms with E-state index in [0.717, 1.165) is 84.0 Å². The summed E-state index contributed by atoms with van der Waals surface area (Å²) in [5, 5.41) is 7.08. The molecule has 4 aliphatic rings. The molecule has 0 saturated carbocycles. The Labute approximate surface area is 544 Å². The zero-order valence-corrected chi connectivity index (χ0v) is 55.1. The van der Waals surface area contributed by atoms with Gasteiger partial charge in [-0.05, 0) is 271 Å². The molecule has 0 radical (unpaired) electrons. The molecule has 0 atom stereocenters. The fourth-order valence-corrected chi connectivity index (χ4v) is 16.9. The first-order valence-corrected chi connectivity index (χ1v) is 33.2. The highest BCUT2D eigenvalue weighted by Gasteiger charge is 2.41. The zero-order valence-electron chi connectivity index (χ0n) is 55.1. The van der Waals surface area contributed by atoms with Crippen LogP contribution < -0.4 is 0 Å². The molecule has 6 nitrogen and oxygen atoms in total. The molecule has 6 heteroatoms. The van der Waals surface area contributed by atoms with Gasteiger partial charge in [-0.25, -0.2) is 14.4 Å².